The predicted octanol–water partition coefficient (Wildman–Crippen LogP) is 3.92. The van der Waals surface area contributed by atoms with Crippen LogP contribution in [-0.2, 0) is 19.4 Å². The number of methoxy groups -OCH3 is 1. The number of carbonyl (C=O) groups is 2. The van der Waals surface area contributed by atoms with Gasteiger partial charge in [-0.1, -0.05) is 29.5 Å². The van der Waals surface area contributed by atoms with E-state index in [0.29, 0.717) is 17.2 Å². The van der Waals surface area contributed by atoms with E-state index in [-0.39, 0.29) is 21.0 Å². The summed E-state index contributed by atoms with van der Waals surface area (Å²) < 4.78 is 40.3. The fraction of sp³-hybridized carbons (Fsp3) is 0.227. The molecule has 3 aromatic rings. The molecule has 0 saturated heterocycles. The molecule has 0 aliphatic rings. The number of hydrogen-bond donors (Lipinski definition) is 1. The van der Waals surface area contributed by atoms with E-state index in [1.807, 2.05) is 32.0 Å². The first-order valence-electron chi connectivity index (χ1n) is 9.77. The van der Waals surface area contributed by atoms with Gasteiger partial charge in [-0.25, -0.2) is 13.4 Å². The standard InChI is InChI=1S/C22H22N2O7S2/c1-14(2)30-17-9-15(10-18(11-17)31-16-7-5-4-6-8-16)21(26)24-22-23-12-20(32-22)33(27,28)13-19(25)29-3/h4-12,14H,13H2,1-3H3,(H,23,24,26). The molecule has 0 fully saturated rings. The number of sulfone groups is 1. The van der Waals surface area contributed by atoms with Crippen molar-refractivity contribution < 1.29 is 32.2 Å². The Kier molecular flexibility index (Phi) is 7.67. The molecule has 0 spiro atoms. The number of thiazole rings is 1. The number of esters is 1. The number of anilines is 1. The summed E-state index contributed by atoms with van der Waals surface area (Å²) >= 11 is 0.736. The molecule has 1 N–H and O–H groups in total. The van der Waals surface area contributed by atoms with Crippen LogP contribution in [0.15, 0.2) is 58.9 Å². The third-order valence-electron chi connectivity index (χ3n) is 4.04. The van der Waals surface area contributed by atoms with E-state index in [4.69, 9.17) is 9.47 Å². The molecule has 0 atom stereocenters. The number of aromatic nitrogens is 1. The van der Waals surface area contributed by atoms with Crippen molar-refractivity contribution >= 4 is 38.2 Å². The first kappa shape index (κ1) is 24.2. The third-order valence-corrected chi connectivity index (χ3v) is 7.09. The normalized spacial score (nSPS) is 11.2. The maximum atomic E-state index is 12.9. The van der Waals surface area contributed by atoms with Gasteiger partial charge in [0.25, 0.3) is 5.91 Å². The molecule has 1 heterocycles. The molecule has 3 rings (SSSR count). The number of nitrogens with zero attached hydrogens (tertiary/aromatic N) is 1. The van der Waals surface area contributed by atoms with Crippen LogP contribution in [-0.4, -0.2) is 44.2 Å². The smallest absolute Gasteiger partial charge is 0.321 e. The monoisotopic (exact) mass is 490 g/mol. The Morgan fingerprint density at radius 3 is 2.42 bits per heavy atom. The fourth-order valence-corrected chi connectivity index (χ4v) is 4.89. The van der Waals surface area contributed by atoms with Crippen LogP contribution in [0.1, 0.15) is 24.2 Å². The molecule has 0 saturated carbocycles. The number of para-hydroxylation sites is 1. The molecule has 0 aliphatic carbocycles. The molecule has 2 aromatic carbocycles. The van der Waals surface area contributed by atoms with Gasteiger partial charge in [-0.05, 0) is 38.1 Å². The Morgan fingerprint density at radius 2 is 1.76 bits per heavy atom. The average Bonchev–Trinajstić information content (AvgIpc) is 3.23. The predicted molar refractivity (Wildman–Crippen MR) is 123 cm³/mol. The van der Waals surface area contributed by atoms with Crippen LogP contribution in [0, 0.1) is 0 Å². The van der Waals surface area contributed by atoms with E-state index in [2.05, 4.69) is 15.0 Å². The largest absolute Gasteiger partial charge is 0.491 e. The van der Waals surface area contributed by atoms with Gasteiger partial charge in [0.05, 0.1) is 19.4 Å². The Morgan fingerprint density at radius 1 is 1.06 bits per heavy atom. The quantitative estimate of drug-likeness (QED) is 0.448. The molecule has 11 heteroatoms. The van der Waals surface area contributed by atoms with E-state index >= 15 is 0 Å². The maximum Gasteiger partial charge on any atom is 0.321 e. The summed E-state index contributed by atoms with van der Waals surface area (Å²) in [4.78, 5) is 28.1. The van der Waals surface area contributed by atoms with E-state index in [1.165, 1.54) is 6.07 Å². The summed E-state index contributed by atoms with van der Waals surface area (Å²) in [5.74, 6) is -0.816. The Balaban J connectivity index is 1.82. The lowest BCUT2D eigenvalue weighted by atomic mass is 10.2. The van der Waals surface area contributed by atoms with Gasteiger partial charge in [-0.3, -0.25) is 14.9 Å². The van der Waals surface area contributed by atoms with E-state index in [1.54, 1.807) is 24.3 Å². The van der Waals surface area contributed by atoms with Gasteiger partial charge in [-0.2, -0.15) is 0 Å². The molecule has 0 aliphatic heterocycles. The summed E-state index contributed by atoms with van der Waals surface area (Å²) in [6.45, 7) is 3.71. The maximum absolute atomic E-state index is 12.9. The van der Waals surface area contributed by atoms with Crippen LogP contribution in [0.4, 0.5) is 5.13 Å². The minimum atomic E-state index is -3.92. The first-order chi connectivity index (χ1) is 15.7. The van der Waals surface area contributed by atoms with Gasteiger partial charge >= 0.3 is 5.97 Å². The van der Waals surface area contributed by atoms with E-state index in [0.717, 1.165) is 24.6 Å². The van der Waals surface area contributed by atoms with Crippen molar-refractivity contribution in [1.82, 2.24) is 4.98 Å². The second kappa shape index (κ2) is 10.5. The van der Waals surface area contributed by atoms with Crippen molar-refractivity contribution in [2.75, 3.05) is 18.2 Å². The molecule has 0 unspecified atom stereocenters. The highest BCUT2D eigenvalue weighted by Crippen LogP contribution is 2.29. The van der Waals surface area contributed by atoms with Crippen molar-refractivity contribution in [2.45, 2.75) is 24.2 Å². The van der Waals surface area contributed by atoms with Gasteiger partial charge < -0.3 is 14.2 Å². The molecule has 0 bridgehead atoms. The lowest BCUT2D eigenvalue weighted by Crippen LogP contribution is -2.16. The van der Waals surface area contributed by atoms with Gasteiger partial charge in [0, 0.05) is 11.6 Å². The zero-order valence-electron chi connectivity index (χ0n) is 18.1. The number of benzene rings is 2. The van der Waals surface area contributed by atoms with Gasteiger partial charge in [0.2, 0.25) is 0 Å². The van der Waals surface area contributed by atoms with Crippen LogP contribution in [0.5, 0.6) is 17.2 Å². The highest BCUT2D eigenvalue weighted by Gasteiger charge is 2.23. The van der Waals surface area contributed by atoms with Crippen molar-refractivity contribution in [3.05, 3.63) is 60.3 Å². The molecule has 174 valence electrons. The number of amides is 1. The van der Waals surface area contributed by atoms with Crippen LogP contribution in [0.3, 0.4) is 0 Å². The minimum Gasteiger partial charge on any atom is -0.491 e. The number of nitrogens with one attached hydrogen (secondary N) is 1. The molecular weight excluding hydrogens is 468 g/mol. The molecule has 33 heavy (non-hydrogen) atoms. The summed E-state index contributed by atoms with van der Waals surface area (Å²) in [5.41, 5.74) is 0.230. The SMILES string of the molecule is COC(=O)CS(=O)(=O)c1cnc(NC(=O)c2cc(Oc3ccccc3)cc(OC(C)C)c2)s1. The second-order valence-corrected chi connectivity index (χ2v) is 10.3. The lowest BCUT2D eigenvalue weighted by molar-refractivity contribution is -0.137. The third kappa shape index (κ3) is 6.77. The van der Waals surface area contributed by atoms with E-state index < -0.39 is 27.5 Å². The zero-order chi connectivity index (χ0) is 24.0. The van der Waals surface area contributed by atoms with Gasteiger partial charge in [0.1, 0.15) is 21.5 Å². The van der Waals surface area contributed by atoms with Crippen LogP contribution < -0.4 is 14.8 Å². The summed E-state index contributed by atoms with van der Waals surface area (Å²) in [7, 11) is -2.82. The lowest BCUT2D eigenvalue weighted by Gasteiger charge is -2.14. The molecule has 0 radical (unpaired) electrons. The highest BCUT2D eigenvalue weighted by molar-refractivity contribution is 7.94. The van der Waals surface area contributed by atoms with Crippen molar-refractivity contribution in [1.29, 1.82) is 0 Å². The van der Waals surface area contributed by atoms with Crippen LogP contribution in [0.25, 0.3) is 0 Å². The highest BCUT2D eigenvalue weighted by atomic mass is 32.2. The van der Waals surface area contributed by atoms with Gasteiger partial charge in [0.15, 0.2) is 20.7 Å². The fourth-order valence-electron chi connectivity index (χ4n) is 2.64. The topological polar surface area (TPSA) is 121 Å². The number of ether oxygens (including phenoxy) is 3. The Bertz CT molecular complexity index is 1240. The van der Waals surface area contributed by atoms with Crippen LogP contribution in [0.2, 0.25) is 0 Å². The number of carbonyl (C=O) groups excluding carboxylic acids is 2. The number of hydrogen-bond acceptors (Lipinski definition) is 9. The van der Waals surface area contributed by atoms with E-state index in [9.17, 15) is 18.0 Å². The summed E-state index contributed by atoms with van der Waals surface area (Å²) in [6.07, 6.45) is 0.954. The summed E-state index contributed by atoms with van der Waals surface area (Å²) in [6, 6.07) is 13.8. The molecule has 9 nitrogen and oxygen atoms in total. The number of rotatable bonds is 9. The van der Waals surface area contributed by atoms with Crippen molar-refractivity contribution in [2.24, 2.45) is 0 Å². The minimum absolute atomic E-state index is 0.0594. The first-order valence-corrected chi connectivity index (χ1v) is 12.2. The average molecular weight is 491 g/mol. The zero-order valence-corrected chi connectivity index (χ0v) is 19.7. The molecular formula is C22H22N2O7S2. The molecule has 1 amide bonds. The summed E-state index contributed by atoms with van der Waals surface area (Å²) in [5, 5.41) is 2.63. The Labute approximate surface area is 195 Å². The van der Waals surface area contributed by atoms with Crippen molar-refractivity contribution in [3.63, 3.8) is 0 Å². The van der Waals surface area contributed by atoms with Crippen molar-refractivity contribution in [3.8, 4) is 17.2 Å². The molecule has 1 aromatic heterocycles. The second-order valence-electron chi connectivity index (χ2n) is 7.05. The Hall–Kier alpha value is -3.44. The van der Waals surface area contributed by atoms with Crippen LogP contribution >= 0.6 is 11.3 Å². The van der Waals surface area contributed by atoms with Gasteiger partial charge in [-0.15, -0.1) is 0 Å².